The number of amides is 1. The number of aromatic nitrogens is 2. The van der Waals surface area contributed by atoms with E-state index in [1.165, 1.54) is 6.20 Å². The molecule has 1 aromatic carbocycles. The van der Waals surface area contributed by atoms with Crippen LogP contribution in [-0.4, -0.2) is 42.7 Å². The van der Waals surface area contributed by atoms with Crippen molar-refractivity contribution >= 4 is 17.4 Å². The van der Waals surface area contributed by atoms with Gasteiger partial charge in [-0.25, -0.2) is 9.97 Å². The zero-order chi connectivity index (χ0) is 15.8. The van der Waals surface area contributed by atoms with Crippen molar-refractivity contribution in [2.45, 2.75) is 6.92 Å². The molecule has 0 fully saturated rings. The van der Waals surface area contributed by atoms with Crippen molar-refractivity contribution in [2.24, 2.45) is 0 Å². The van der Waals surface area contributed by atoms with Gasteiger partial charge in [0.15, 0.2) is 5.82 Å². The number of hydrogen-bond acceptors (Lipinski definition) is 5. The third-order valence-corrected chi connectivity index (χ3v) is 3.12. The van der Waals surface area contributed by atoms with Gasteiger partial charge in [0.1, 0.15) is 5.69 Å². The summed E-state index contributed by atoms with van der Waals surface area (Å²) in [6.45, 7) is 3.72. The van der Waals surface area contributed by atoms with Gasteiger partial charge in [-0.2, -0.15) is 0 Å². The molecule has 1 N–H and O–H groups in total. The zero-order valence-electron chi connectivity index (χ0n) is 12.8. The molecule has 1 heterocycles. The minimum Gasteiger partial charge on any atom is -0.383 e. The number of carbonyl (C=O) groups is 1. The van der Waals surface area contributed by atoms with Crippen molar-refractivity contribution in [3.05, 3.63) is 48.4 Å². The highest BCUT2D eigenvalue weighted by Crippen LogP contribution is 2.21. The van der Waals surface area contributed by atoms with Gasteiger partial charge in [-0.05, 0) is 19.1 Å². The van der Waals surface area contributed by atoms with Crippen molar-refractivity contribution in [1.82, 2.24) is 15.3 Å². The Balaban J connectivity index is 2.09. The van der Waals surface area contributed by atoms with Crippen molar-refractivity contribution in [3.63, 3.8) is 0 Å². The van der Waals surface area contributed by atoms with Gasteiger partial charge in [-0.1, -0.05) is 18.2 Å². The average Bonchev–Trinajstić information content (AvgIpc) is 2.57. The highest BCUT2D eigenvalue weighted by atomic mass is 16.5. The van der Waals surface area contributed by atoms with Crippen LogP contribution in [0.25, 0.3) is 0 Å². The summed E-state index contributed by atoms with van der Waals surface area (Å²) in [4.78, 5) is 22.4. The molecule has 22 heavy (non-hydrogen) atoms. The smallest absolute Gasteiger partial charge is 0.271 e. The van der Waals surface area contributed by atoms with Crippen LogP contribution in [0.5, 0.6) is 0 Å². The monoisotopic (exact) mass is 300 g/mol. The molecule has 0 saturated carbocycles. The topological polar surface area (TPSA) is 67.4 Å². The average molecular weight is 300 g/mol. The molecule has 0 bridgehead atoms. The fourth-order valence-electron chi connectivity index (χ4n) is 2.02. The van der Waals surface area contributed by atoms with Crippen LogP contribution >= 0.6 is 0 Å². The molecule has 1 aromatic heterocycles. The lowest BCUT2D eigenvalue weighted by Crippen LogP contribution is -2.28. The molecule has 0 unspecified atom stereocenters. The molecule has 0 saturated heterocycles. The predicted molar refractivity (Wildman–Crippen MR) is 85.4 cm³/mol. The molecule has 2 aromatic rings. The molecule has 0 aliphatic rings. The maximum atomic E-state index is 11.9. The van der Waals surface area contributed by atoms with Crippen LogP contribution in [0.3, 0.4) is 0 Å². The fourth-order valence-corrected chi connectivity index (χ4v) is 2.02. The maximum Gasteiger partial charge on any atom is 0.271 e. The normalized spacial score (nSPS) is 10.3. The number of nitrogens with zero attached hydrogens (tertiary/aromatic N) is 3. The Bertz CT molecular complexity index is 587. The second kappa shape index (κ2) is 8.09. The Hall–Kier alpha value is -2.47. The quantitative estimate of drug-likeness (QED) is 0.792. The van der Waals surface area contributed by atoms with E-state index in [4.69, 9.17) is 4.74 Å². The number of ether oxygens (including phenoxy) is 1. The summed E-state index contributed by atoms with van der Waals surface area (Å²) in [6.07, 6.45) is 3.10. The first-order valence-corrected chi connectivity index (χ1v) is 7.18. The lowest BCUT2D eigenvalue weighted by molar-refractivity contribution is 0.0932. The number of carbonyl (C=O) groups excluding carboxylic acids is 1. The van der Waals surface area contributed by atoms with Crippen LogP contribution in [0, 0.1) is 0 Å². The van der Waals surface area contributed by atoms with Crippen LogP contribution in [0.15, 0.2) is 42.7 Å². The number of para-hydroxylation sites is 1. The van der Waals surface area contributed by atoms with Crippen molar-refractivity contribution < 1.29 is 9.53 Å². The maximum absolute atomic E-state index is 11.9. The van der Waals surface area contributed by atoms with E-state index in [-0.39, 0.29) is 5.91 Å². The third kappa shape index (κ3) is 4.02. The first-order valence-electron chi connectivity index (χ1n) is 7.18. The standard InChI is InChI=1S/C16H20N4O2/c1-3-20(13-7-5-4-6-8-13)15-12-18-14(11-19-15)16(21)17-9-10-22-2/h4-8,11-12H,3,9-10H2,1-2H3,(H,17,21). The van der Waals surface area contributed by atoms with Crippen LogP contribution in [-0.2, 0) is 4.74 Å². The molecule has 6 heteroatoms. The van der Waals surface area contributed by atoms with Crippen molar-refractivity contribution in [2.75, 3.05) is 31.7 Å². The van der Waals surface area contributed by atoms with E-state index < -0.39 is 0 Å². The minimum atomic E-state index is -0.251. The van der Waals surface area contributed by atoms with Crippen LogP contribution < -0.4 is 10.2 Å². The SMILES string of the molecule is CCN(c1ccccc1)c1cnc(C(=O)NCCOC)cn1. The highest BCUT2D eigenvalue weighted by molar-refractivity contribution is 5.92. The number of methoxy groups -OCH3 is 1. The van der Waals surface area contributed by atoms with E-state index in [9.17, 15) is 4.79 Å². The number of benzene rings is 1. The molecule has 0 radical (unpaired) electrons. The van der Waals surface area contributed by atoms with E-state index in [0.717, 1.165) is 12.2 Å². The molecule has 0 atom stereocenters. The van der Waals surface area contributed by atoms with Crippen molar-refractivity contribution in [1.29, 1.82) is 0 Å². The van der Waals surface area contributed by atoms with Gasteiger partial charge >= 0.3 is 0 Å². The summed E-state index contributed by atoms with van der Waals surface area (Å²) in [5.41, 5.74) is 1.33. The van der Waals surface area contributed by atoms with Gasteiger partial charge in [-0.15, -0.1) is 0 Å². The van der Waals surface area contributed by atoms with Gasteiger partial charge in [0.25, 0.3) is 5.91 Å². The first-order chi connectivity index (χ1) is 10.8. The van der Waals surface area contributed by atoms with Crippen LogP contribution in [0.2, 0.25) is 0 Å². The number of hydrogen-bond donors (Lipinski definition) is 1. The molecule has 2 rings (SSSR count). The molecular weight excluding hydrogens is 280 g/mol. The summed E-state index contributed by atoms with van der Waals surface area (Å²) >= 11 is 0. The number of anilines is 2. The summed E-state index contributed by atoms with van der Waals surface area (Å²) in [5, 5.41) is 2.71. The van der Waals surface area contributed by atoms with Gasteiger partial charge in [0.2, 0.25) is 0 Å². The Kier molecular flexibility index (Phi) is 5.85. The van der Waals surface area contributed by atoms with Gasteiger partial charge in [-0.3, -0.25) is 4.79 Å². The predicted octanol–water partition coefficient (Wildman–Crippen LogP) is 2.01. The van der Waals surface area contributed by atoms with E-state index in [1.807, 2.05) is 42.2 Å². The number of rotatable bonds is 7. The van der Waals surface area contributed by atoms with Crippen molar-refractivity contribution in [3.8, 4) is 0 Å². The Morgan fingerprint density at radius 1 is 1.23 bits per heavy atom. The van der Waals surface area contributed by atoms with E-state index in [0.29, 0.717) is 24.7 Å². The second-order valence-electron chi connectivity index (χ2n) is 4.59. The lowest BCUT2D eigenvalue weighted by Gasteiger charge is -2.21. The zero-order valence-corrected chi connectivity index (χ0v) is 12.8. The van der Waals surface area contributed by atoms with Crippen LogP contribution in [0.4, 0.5) is 11.5 Å². The number of nitrogens with one attached hydrogen (secondary N) is 1. The van der Waals surface area contributed by atoms with Crippen LogP contribution in [0.1, 0.15) is 17.4 Å². The second-order valence-corrected chi connectivity index (χ2v) is 4.59. The highest BCUT2D eigenvalue weighted by Gasteiger charge is 2.11. The molecule has 0 aliphatic heterocycles. The van der Waals surface area contributed by atoms with Gasteiger partial charge in [0, 0.05) is 25.9 Å². The third-order valence-electron chi connectivity index (χ3n) is 3.12. The lowest BCUT2D eigenvalue weighted by atomic mass is 10.3. The Labute approximate surface area is 130 Å². The minimum absolute atomic E-state index is 0.251. The first kappa shape index (κ1) is 15.9. The Morgan fingerprint density at radius 2 is 2.00 bits per heavy atom. The summed E-state index contributed by atoms with van der Waals surface area (Å²) in [7, 11) is 1.59. The Morgan fingerprint density at radius 3 is 2.59 bits per heavy atom. The molecule has 6 nitrogen and oxygen atoms in total. The molecule has 0 aliphatic carbocycles. The summed E-state index contributed by atoms with van der Waals surface area (Å²) in [5.74, 6) is 0.459. The summed E-state index contributed by atoms with van der Waals surface area (Å²) < 4.78 is 4.88. The molecule has 116 valence electrons. The fraction of sp³-hybridized carbons (Fsp3) is 0.312. The van der Waals surface area contributed by atoms with E-state index >= 15 is 0 Å². The van der Waals surface area contributed by atoms with Gasteiger partial charge < -0.3 is 15.0 Å². The van der Waals surface area contributed by atoms with Gasteiger partial charge in [0.05, 0.1) is 19.0 Å². The van der Waals surface area contributed by atoms with E-state index in [2.05, 4.69) is 15.3 Å². The molecular formula is C16H20N4O2. The van der Waals surface area contributed by atoms with E-state index in [1.54, 1.807) is 13.3 Å². The summed E-state index contributed by atoms with van der Waals surface area (Å²) in [6, 6.07) is 9.94. The molecule has 0 spiro atoms. The molecule has 1 amide bonds. The largest absolute Gasteiger partial charge is 0.383 e.